The zero-order valence-corrected chi connectivity index (χ0v) is 10.4. The van der Waals surface area contributed by atoms with Crippen LogP contribution in [-0.4, -0.2) is 19.1 Å². The average Bonchev–Trinajstić information content (AvgIpc) is 2.68. The number of likely N-dealkylation sites (N-methyl/N-ethyl adjacent to an activating group) is 1. The number of hydrogen-bond donors (Lipinski definition) is 1. The molecular formula is C14H22N2. The molecule has 2 heteroatoms. The van der Waals surface area contributed by atoms with Gasteiger partial charge in [0.2, 0.25) is 0 Å². The van der Waals surface area contributed by atoms with Crippen LogP contribution in [0.3, 0.4) is 0 Å². The van der Waals surface area contributed by atoms with Gasteiger partial charge in [0, 0.05) is 24.8 Å². The summed E-state index contributed by atoms with van der Waals surface area (Å²) in [5.41, 5.74) is 10.2. The molecule has 0 aliphatic carbocycles. The van der Waals surface area contributed by atoms with Crippen molar-refractivity contribution in [2.24, 2.45) is 5.73 Å². The topological polar surface area (TPSA) is 29.3 Å². The lowest BCUT2D eigenvalue weighted by molar-refractivity contribution is 0.666. The van der Waals surface area contributed by atoms with Crippen LogP contribution >= 0.6 is 0 Å². The highest BCUT2D eigenvalue weighted by molar-refractivity contribution is 5.59. The summed E-state index contributed by atoms with van der Waals surface area (Å²) in [6.45, 7) is 6.60. The molecule has 1 unspecified atom stereocenters. The molecule has 0 fully saturated rings. The van der Waals surface area contributed by atoms with Crippen LogP contribution in [0.5, 0.6) is 0 Å². The van der Waals surface area contributed by atoms with Crippen molar-refractivity contribution in [1.82, 2.24) is 0 Å². The molecule has 1 aromatic rings. The van der Waals surface area contributed by atoms with Crippen LogP contribution in [0.25, 0.3) is 0 Å². The third kappa shape index (κ3) is 2.38. The van der Waals surface area contributed by atoms with Crippen LogP contribution < -0.4 is 10.6 Å². The number of nitrogens with two attached hydrogens (primary N) is 1. The summed E-state index contributed by atoms with van der Waals surface area (Å²) in [5.74, 6) is 0. The Morgan fingerprint density at radius 2 is 2.25 bits per heavy atom. The van der Waals surface area contributed by atoms with Gasteiger partial charge in [-0.1, -0.05) is 12.1 Å². The van der Waals surface area contributed by atoms with Gasteiger partial charge in [0.15, 0.2) is 0 Å². The van der Waals surface area contributed by atoms with Crippen LogP contribution in [-0.2, 0) is 12.8 Å². The Kier molecular flexibility index (Phi) is 3.49. The van der Waals surface area contributed by atoms with Crippen molar-refractivity contribution in [2.75, 3.05) is 18.0 Å². The number of fused-ring (bicyclic) bond motifs is 1. The minimum absolute atomic E-state index is 0.306. The Morgan fingerprint density at radius 1 is 1.44 bits per heavy atom. The molecule has 88 valence electrons. The van der Waals surface area contributed by atoms with Crippen molar-refractivity contribution < 1.29 is 0 Å². The maximum absolute atomic E-state index is 5.79. The van der Waals surface area contributed by atoms with E-state index in [4.69, 9.17) is 5.73 Å². The van der Waals surface area contributed by atoms with Crippen LogP contribution in [0.1, 0.15) is 31.4 Å². The highest BCUT2D eigenvalue weighted by Crippen LogP contribution is 2.28. The van der Waals surface area contributed by atoms with E-state index in [0.717, 1.165) is 19.4 Å². The third-order valence-electron chi connectivity index (χ3n) is 3.41. The maximum atomic E-state index is 5.79. The Hall–Kier alpha value is -1.02. The number of rotatable bonds is 4. The van der Waals surface area contributed by atoms with Crippen molar-refractivity contribution in [1.29, 1.82) is 0 Å². The van der Waals surface area contributed by atoms with Gasteiger partial charge in [-0.15, -0.1) is 0 Å². The van der Waals surface area contributed by atoms with Crippen molar-refractivity contribution in [3.05, 3.63) is 29.3 Å². The molecule has 1 heterocycles. The molecule has 1 aliphatic rings. The number of aryl methyl sites for hydroxylation is 1. The maximum Gasteiger partial charge on any atom is 0.0399 e. The molecule has 2 rings (SSSR count). The highest BCUT2D eigenvalue weighted by Gasteiger charge is 2.17. The van der Waals surface area contributed by atoms with Gasteiger partial charge < -0.3 is 10.6 Å². The Bertz CT molecular complexity index is 358. The second kappa shape index (κ2) is 4.88. The van der Waals surface area contributed by atoms with Crippen molar-refractivity contribution >= 4 is 5.69 Å². The van der Waals surface area contributed by atoms with Gasteiger partial charge in [-0.05, 0) is 50.3 Å². The predicted molar refractivity (Wildman–Crippen MR) is 70.0 cm³/mol. The summed E-state index contributed by atoms with van der Waals surface area (Å²) in [4.78, 5) is 2.45. The van der Waals surface area contributed by atoms with Crippen LogP contribution in [0.4, 0.5) is 5.69 Å². The first kappa shape index (κ1) is 11.5. The number of benzene rings is 1. The number of nitrogens with zero attached hydrogens (tertiary/aromatic N) is 1. The smallest absolute Gasteiger partial charge is 0.0399 e. The first-order valence-electron chi connectivity index (χ1n) is 6.33. The lowest BCUT2D eigenvalue weighted by Crippen LogP contribution is -2.19. The molecule has 0 amide bonds. The quantitative estimate of drug-likeness (QED) is 0.840. The van der Waals surface area contributed by atoms with E-state index in [2.05, 4.69) is 36.9 Å². The van der Waals surface area contributed by atoms with E-state index in [1.54, 1.807) is 0 Å². The standard InChI is InChI=1S/C14H22N2/c1-3-16-9-8-13-10-12(5-4-11(2)15)6-7-14(13)16/h6-7,10-11H,3-5,8-9,15H2,1-2H3. The fraction of sp³-hybridized carbons (Fsp3) is 0.571. The number of anilines is 1. The fourth-order valence-corrected chi connectivity index (χ4v) is 2.40. The summed E-state index contributed by atoms with van der Waals surface area (Å²) >= 11 is 0. The molecule has 0 saturated carbocycles. The SMILES string of the molecule is CCN1CCc2cc(CCC(C)N)ccc21. The largest absolute Gasteiger partial charge is 0.371 e. The molecule has 1 aliphatic heterocycles. The van der Waals surface area contributed by atoms with Gasteiger partial charge in [-0.25, -0.2) is 0 Å². The minimum atomic E-state index is 0.306. The van der Waals surface area contributed by atoms with Crippen LogP contribution in [0.15, 0.2) is 18.2 Å². The van der Waals surface area contributed by atoms with Gasteiger partial charge in [-0.3, -0.25) is 0 Å². The van der Waals surface area contributed by atoms with Gasteiger partial charge in [-0.2, -0.15) is 0 Å². The molecule has 0 saturated heterocycles. The highest BCUT2D eigenvalue weighted by atomic mass is 15.1. The monoisotopic (exact) mass is 218 g/mol. The zero-order chi connectivity index (χ0) is 11.5. The Balaban J connectivity index is 2.09. The number of hydrogen-bond acceptors (Lipinski definition) is 2. The summed E-state index contributed by atoms with van der Waals surface area (Å²) < 4.78 is 0. The van der Waals surface area contributed by atoms with Gasteiger partial charge in [0.05, 0.1) is 0 Å². The van der Waals surface area contributed by atoms with Gasteiger partial charge >= 0.3 is 0 Å². The molecule has 0 radical (unpaired) electrons. The second-order valence-electron chi connectivity index (χ2n) is 4.81. The first-order valence-corrected chi connectivity index (χ1v) is 6.33. The molecule has 1 aromatic carbocycles. The summed E-state index contributed by atoms with van der Waals surface area (Å²) in [5, 5.41) is 0. The van der Waals surface area contributed by atoms with E-state index in [1.807, 2.05) is 0 Å². The van der Waals surface area contributed by atoms with E-state index in [0.29, 0.717) is 6.04 Å². The van der Waals surface area contributed by atoms with Crippen LogP contribution in [0, 0.1) is 0 Å². The van der Waals surface area contributed by atoms with E-state index in [-0.39, 0.29) is 0 Å². The molecule has 0 bridgehead atoms. The summed E-state index contributed by atoms with van der Waals surface area (Å²) in [6, 6.07) is 7.21. The Morgan fingerprint density at radius 3 is 2.94 bits per heavy atom. The normalized spacial score (nSPS) is 16.3. The fourth-order valence-electron chi connectivity index (χ4n) is 2.40. The average molecular weight is 218 g/mol. The zero-order valence-electron chi connectivity index (χ0n) is 10.4. The van der Waals surface area contributed by atoms with E-state index >= 15 is 0 Å². The predicted octanol–water partition coefficient (Wildman–Crippen LogP) is 2.35. The lowest BCUT2D eigenvalue weighted by atomic mass is 10.0. The molecule has 2 nitrogen and oxygen atoms in total. The molecule has 0 spiro atoms. The first-order chi connectivity index (χ1) is 7.70. The molecule has 1 atom stereocenters. The van der Waals surface area contributed by atoms with E-state index in [1.165, 1.54) is 29.8 Å². The van der Waals surface area contributed by atoms with Crippen LogP contribution in [0.2, 0.25) is 0 Å². The molecule has 0 aromatic heterocycles. The second-order valence-corrected chi connectivity index (χ2v) is 4.81. The van der Waals surface area contributed by atoms with Crippen molar-refractivity contribution in [3.63, 3.8) is 0 Å². The summed E-state index contributed by atoms with van der Waals surface area (Å²) in [6.07, 6.45) is 3.39. The summed E-state index contributed by atoms with van der Waals surface area (Å²) in [7, 11) is 0. The van der Waals surface area contributed by atoms with E-state index < -0.39 is 0 Å². The van der Waals surface area contributed by atoms with E-state index in [9.17, 15) is 0 Å². The molecule has 2 N–H and O–H groups in total. The van der Waals surface area contributed by atoms with Crippen molar-refractivity contribution in [3.8, 4) is 0 Å². The van der Waals surface area contributed by atoms with Gasteiger partial charge in [0.1, 0.15) is 0 Å². The molecule has 16 heavy (non-hydrogen) atoms. The minimum Gasteiger partial charge on any atom is -0.371 e. The molecular weight excluding hydrogens is 196 g/mol. The Labute approximate surface area is 98.4 Å². The lowest BCUT2D eigenvalue weighted by Gasteiger charge is -2.16. The third-order valence-corrected chi connectivity index (χ3v) is 3.41. The van der Waals surface area contributed by atoms with Crippen molar-refractivity contribution in [2.45, 2.75) is 39.2 Å². The van der Waals surface area contributed by atoms with Gasteiger partial charge in [0.25, 0.3) is 0 Å².